The molecule has 0 spiro atoms. The zero-order valence-electron chi connectivity index (χ0n) is 14.5. The Labute approximate surface area is 146 Å². The summed E-state index contributed by atoms with van der Waals surface area (Å²) >= 11 is 1.86. The van der Waals surface area contributed by atoms with Crippen molar-refractivity contribution >= 4 is 11.3 Å². The number of benzene rings is 1. The highest BCUT2D eigenvalue weighted by molar-refractivity contribution is 7.15. The van der Waals surface area contributed by atoms with Crippen LogP contribution in [0, 0.1) is 13.8 Å². The van der Waals surface area contributed by atoms with E-state index in [2.05, 4.69) is 48.7 Å². The van der Waals surface area contributed by atoms with Gasteiger partial charge in [0, 0.05) is 38.8 Å². The van der Waals surface area contributed by atoms with Gasteiger partial charge in [-0.15, -0.1) is 11.3 Å². The van der Waals surface area contributed by atoms with Crippen LogP contribution in [0.2, 0.25) is 0 Å². The summed E-state index contributed by atoms with van der Waals surface area (Å²) in [6.45, 7) is 5.39. The molecule has 0 aliphatic carbocycles. The molecule has 0 bridgehead atoms. The van der Waals surface area contributed by atoms with E-state index >= 15 is 0 Å². The lowest BCUT2D eigenvalue weighted by molar-refractivity contribution is 0.354. The largest absolute Gasteiger partial charge is 0.493 e. The Balaban J connectivity index is 1.90. The molecule has 1 aliphatic rings. The van der Waals surface area contributed by atoms with E-state index in [0.717, 1.165) is 24.5 Å². The van der Waals surface area contributed by atoms with Crippen molar-refractivity contribution in [2.24, 2.45) is 0 Å². The number of rotatable bonds is 3. The first-order valence-electron chi connectivity index (χ1n) is 8.14. The minimum Gasteiger partial charge on any atom is -0.493 e. The average molecular weight is 339 g/mol. The minimum absolute atomic E-state index is 0.789. The number of ether oxygens (including phenoxy) is 2. The number of hydrogen-bond acceptors (Lipinski definition) is 3. The number of aryl methyl sites for hydroxylation is 2. The highest BCUT2D eigenvalue weighted by Crippen LogP contribution is 2.42. The molecule has 0 N–H and O–H groups in total. The van der Waals surface area contributed by atoms with Crippen molar-refractivity contribution < 1.29 is 9.47 Å². The fourth-order valence-electron chi connectivity index (χ4n) is 3.58. The van der Waals surface area contributed by atoms with Gasteiger partial charge >= 0.3 is 0 Å². The van der Waals surface area contributed by atoms with Crippen molar-refractivity contribution in [3.05, 3.63) is 46.5 Å². The summed E-state index contributed by atoms with van der Waals surface area (Å²) in [5, 5.41) is 0. The van der Waals surface area contributed by atoms with Gasteiger partial charge in [0.2, 0.25) is 0 Å². The standard InChI is InChI=1S/C20H21NO2S/c1-12-5-6-20(24-12)15-10-17-16-11-19(23-4)18(22-3)9-14(16)7-8-21(17)13(15)2/h5-6,9-11H,7-8H2,1-4H3. The van der Waals surface area contributed by atoms with Gasteiger partial charge in [-0.3, -0.25) is 0 Å². The van der Waals surface area contributed by atoms with Crippen LogP contribution in [0.5, 0.6) is 11.5 Å². The summed E-state index contributed by atoms with van der Waals surface area (Å²) in [5.41, 5.74) is 6.53. The summed E-state index contributed by atoms with van der Waals surface area (Å²) in [7, 11) is 3.38. The van der Waals surface area contributed by atoms with Gasteiger partial charge in [0.15, 0.2) is 11.5 Å². The normalized spacial score (nSPS) is 12.7. The lowest BCUT2D eigenvalue weighted by atomic mass is 9.97. The molecule has 1 aliphatic heterocycles. The van der Waals surface area contributed by atoms with Crippen LogP contribution in [0.1, 0.15) is 16.1 Å². The number of nitrogens with zero attached hydrogens (tertiary/aromatic N) is 1. The molecule has 124 valence electrons. The van der Waals surface area contributed by atoms with Crippen molar-refractivity contribution in [1.29, 1.82) is 0 Å². The first-order valence-corrected chi connectivity index (χ1v) is 8.96. The van der Waals surface area contributed by atoms with Crippen molar-refractivity contribution in [3.63, 3.8) is 0 Å². The van der Waals surface area contributed by atoms with E-state index in [9.17, 15) is 0 Å². The molecule has 4 heteroatoms. The Kier molecular flexibility index (Phi) is 3.65. The summed E-state index contributed by atoms with van der Waals surface area (Å²) in [5.74, 6) is 1.60. The van der Waals surface area contributed by atoms with E-state index in [1.54, 1.807) is 14.2 Å². The predicted octanol–water partition coefficient (Wildman–Crippen LogP) is 5.07. The molecule has 3 nitrogen and oxygen atoms in total. The van der Waals surface area contributed by atoms with Crippen molar-refractivity contribution in [2.45, 2.75) is 26.8 Å². The summed E-state index contributed by atoms with van der Waals surface area (Å²) in [6, 6.07) is 11.0. The molecule has 0 unspecified atom stereocenters. The Morgan fingerprint density at radius 3 is 2.38 bits per heavy atom. The van der Waals surface area contributed by atoms with E-state index in [1.165, 1.54) is 37.8 Å². The van der Waals surface area contributed by atoms with Crippen LogP contribution in [-0.2, 0) is 13.0 Å². The molecule has 24 heavy (non-hydrogen) atoms. The van der Waals surface area contributed by atoms with E-state index in [1.807, 2.05) is 11.3 Å². The van der Waals surface area contributed by atoms with Crippen LogP contribution >= 0.6 is 11.3 Å². The molecule has 0 atom stereocenters. The lowest BCUT2D eigenvalue weighted by Gasteiger charge is -2.22. The molecule has 1 aromatic carbocycles. The van der Waals surface area contributed by atoms with Crippen LogP contribution < -0.4 is 9.47 Å². The molecular formula is C20H21NO2S. The number of thiophene rings is 1. The molecular weight excluding hydrogens is 318 g/mol. The van der Waals surface area contributed by atoms with Gasteiger partial charge in [0.25, 0.3) is 0 Å². The lowest BCUT2D eigenvalue weighted by Crippen LogP contribution is -2.12. The maximum absolute atomic E-state index is 5.51. The maximum Gasteiger partial charge on any atom is 0.161 e. The minimum atomic E-state index is 0.789. The monoisotopic (exact) mass is 339 g/mol. The molecule has 0 fully saturated rings. The average Bonchev–Trinajstić information content (AvgIpc) is 3.17. The van der Waals surface area contributed by atoms with E-state index < -0.39 is 0 Å². The highest BCUT2D eigenvalue weighted by Gasteiger charge is 2.23. The van der Waals surface area contributed by atoms with Crippen LogP contribution in [0.4, 0.5) is 0 Å². The molecule has 0 saturated heterocycles. The van der Waals surface area contributed by atoms with Gasteiger partial charge in [-0.25, -0.2) is 0 Å². The highest BCUT2D eigenvalue weighted by atomic mass is 32.1. The topological polar surface area (TPSA) is 23.4 Å². The van der Waals surface area contributed by atoms with Gasteiger partial charge in [0.1, 0.15) is 0 Å². The van der Waals surface area contributed by atoms with Gasteiger partial charge in [-0.05, 0) is 56.2 Å². The quantitative estimate of drug-likeness (QED) is 0.665. The summed E-state index contributed by atoms with van der Waals surface area (Å²) < 4.78 is 13.4. The van der Waals surface area contributed by atoms with Crippen LogP contribution in [-0.4, -0.2) is 18.8 Å². The Morgan fingerprint density at radius 2 is 1.71 bits per heavy atom. The van der Waals surface area contributed by atoms with Crippen LogP contribution in [0.3, 0.4) is 0 Å². The second-order valence-electron chi connectivity index (χ2n) is 6.20. The van der Waals surface area contributed by atoms with Gasteiger partial charge in [-0.2, -0.15) is 0 Å². The number of hydrogen-bond donors (Lipinski definition) is 0. The van der Waals surface area contributed by atoms with E-state index in [0.29, 0.717) is 0 Å². The van der Waals surface area contributed by atoms with Crippen molar-refractivity contribution in [3.8, 4) is 33.2 Å². The molecule has 3 aromatic rings. The molecule has 0 saturated carbocycles. The van der Waals surface area contributed by atoms with Crippen LogP contribution in [0.25, 0.3) is 21.7 Å². The first-order chi connectivity index (χ1) is 11.6. The molecule has 2 aromatic heterocycles. The fourth-order valence-corrected chi connectivity index (χ4v) is 4.52. The third-order valence-corrected chi connectivity index (χ3v) is 5.90. The van der Waals surface area contributed by atoms with Crippen molar-refractivity contribution in [2.75, 3.05) is 14.2 Å². The number of methoxy groups -OCH3 is 2. The third kappa shape index (κ3) is 2.25. The zero-order valence-corrected chi connectivity index (χ0v) is 15.3. The van der Waals surface area contributed by atoms with Gasteiger partial charge in [-0.1, -0.05) is 0 Å². The fraction of sp³-hybridized carbons (Fsp3) is 0.300. The van der Waals surface area contributed by atoms with Gasteiger partial charge in [0.05, 0.1) is 14.2 Å². The Morgan fingerprint density at radius 1 is 0.958 bits per heavy atom. The second-order valence-corrected chi connectivity index (χ2v) is 7.49. The Hall–Kier alpha value is -2.20. The van der Waals surface area contributed by atoms with E-state index in [4.69, 9.17) is 9.47 Å². The Bertz CT molecular complexity index is 920. The van der Waals surface area contributed by atoms with Crippen LogP contribution in [0.15, 0.2) is 30.3 Å². The zero-order chi connectivity index (χ0) is 16.8. The SMILES string of the molecule is COc1cc2c(cc1OC)-c1cc(-c3ccc(C)s3)c(C)n1CC2. The first kappa shape index (κ1) is 15.3. The third-order valence-electron chi connectivity index (χ3n) is 4.86. The molecule has 0 amide bonds. The van der Waals surface area contributed by atoms with Crippen molar-refractivity contribution in [1.82, 2.24) is 4.57 Å². The summed E-state index contributed by atoms with van der Waals surface area (Å²) in [6.07, 6.45) is 1.01. The maximum atomic E-state index is 5.51. The predicted molar refractivity (Wildman–Crippen MR) is 99.5 cm³/mol. The molecule has 3 heterocycles. The smallest absolute Gasteiger partial charge is 0.161 e. The molecule has 4 rings (SSSR count). The van der Waals surface area contributed by atoms with E-state index in [-0.39, 0.29) is 0 Å². The van der Waals surface area contributed by atoms with Gasteiger partial charge < -0.3 is 14.0 Å². The summed E-state index contributed by atoms with van der Waals surface area (Å²) in [4.78, 5) is 2.69. The molecule has 0 radical (unpaired) electrons. The second kappa shape index (κ2) is 5.71. The number of aromatic nitrogens is 1. The number of fused-ring (bicyclic) bond motifs is 3.